The van der Waals surface area contributed by atoms with E-state index < -0.39 is 14.9 Å². The second-order valence-corrected chi connectivity index (χ2v) is 10.3. The summed E-state index contributed by atoms with van der Waals surface area (Å²) >= 11 is 0. The van der Waals surface area contributed by atoms with E-state index in [4.69, 9.17) is 14.2 Å². The first-order chi connectivity index (χ1) is 16.8. The number of nitrogens with one attached hydrogen (secondary N) is 1. The highest BCUT2D eigenvalue weighted by molar-refractivity contribution is 7.89. The van der Waals surface area contributed by atoms with E-state index in [2.05, 4.69) is 5.32 Å². The predicted molar refractivity (Wildman–Crippen MR) is 131 cm³/mol. The Kier molecular flexibility index (Phi) is 7.63. The number of sulfonamides is 1. The van der Waals surface area contributed by atoms with E-state index in [9.17, 15) is 18.5 Å². The molecule has 2 heterocycles. The largest absolute Gasteiger partial charge is 0.493 e. The number of methoxy groups -OCH3 is 2. The zero-order valence-electron chi connectivity index (χ0n) is 19.8. The van der Waals surface area contributed by atoms with E-state index in [0.29, 0.717) is 43.4 Å². The first-order valence-electron chi connectivity index (χ1n) is 11.4. The van der Waals surface area contributed by atoms with E-state index in [-0.39, 0.29) is 29.8 Å². The molecule has 35 heavy (non-hydrogen) atoms. The van der Waals surface area contributed by atoms with Gasteiger partial charge in [0.1, 0.15) is 5.69 Å². The van der Waals surface area contributed by atoms with Crippen molar-refractivity contribution in [3.8, 4) is 11.5 Å². The Hall–Kier alpha value is -3.09. The Bertz CT molecular complexity index is 1160. The van der Waals surface area contributed by atoms with Gasteiger partial charge in [0.25, 0.3) is 5.69 Å². The molecule has 4 rings (SSSR count). The Labute approximate surface area is 204 Å². The van der Waals surface area contributed by atoms with Crippen molar-refractivity contribution in [2.45, 2.75) is 23.8 Å². The molecule has 190 valence electrons. The summed E-state index contributed by atoms with van der Waals surface area (Å²) in [5, 5.41) is 14.7. The molecule has 2 aromatic rings. The van der Waals surface area contributed by atoms with Crippen LogP contribution in [-0.4, -0.2) is 77.3 Å². The summed E-state index contributed by atoms with van der Waals surface area (Å²) in [6.45, 7) is 2.69. The van der Waals surface area contributed by atoms with Crippen LogP contribution in [0.3, 0.4) is 0 Å². The summed E-state index contributed by atoms with van der Waals surface area (Å²) in [5.74, 6) is 0.805. The molecular formula is C23H30N4O7S. The minimum Gasteiger partial charge on any atom is -0.493 e. The zero-order valence-corrected chi connectivity index (χ0v) is 20.6. The average molecular weight is 507 g/mol. The molecule has 1 atom stereocenters. The van der Waals surface area contributed by atoms with Crippen molar-refractivity contribution in [3.63, 3.8) is 0 Å². The number of hydrogen-bond acceptors (Lipinski definition) is 9. The number of anilines is 2. The van der Waals surface area contributed by atoms with Crippen LogP contribution in [0.4, 0.5) is 17.1 Å². The lowest BCUT2D eigenvalue weighted by molar-refractivity contribution is -0.383. The van der Waals surface area contributed by atoms with Crippen LogP contribution >= 0.6 is 0 Å². The Morgan fingerprint density at radius 1 is 1.09 bits per heavy atom. The van der Waals surface area contributed by atoms with Crippen molar-refractivity contribution in [3.05, 3.63) is 46.5 Å². The highest BCUT2D eigenvalue weighted by Gasteiger charge is 2.30. The number of nitro groups is 1. The van der Waals surface area contributed by atoms with Gasteiger partial charge in [-0.15, -0.1) is 0 Å². The van der Waals surface area contributed by atoms with Crippen molar-refractivity contribution in [1.29, 1.82) is 0 Å². The fourth-order valence-electron chi connectivity index (χ4n) is 4.36. The molecule has 11 nitrogen and oxygen atoms in total. The number of rotatable bonds is 9. The van der Waals surface area contributed by atoms with Gasteiger partial charge in [-0.2, -0.15) is 4.31 Å². The van der Waals surface area contributed by atoms with Gasteiger partial charge in [-0.3, -0.25) is 10.1 Å². The third-order valence-electron chi connectivity index (χ3n) is 6.32. The van der Waals surface area contributed by atoms with E-state index >= 15 is 0 Å². The molecule has 2 fully saturated rings. The monoisotopic (exact) mass is 506 g/mol. The number of nitrogens with zero attached hydrogens (tertiary/aromatic N) is 3. The third kappa shape index (κ3) is 5.44. The maximum Gasteiger partial charge on any atom is 0.292 e. The molecule has 12 heteroatoms. The smallest absolute Gasteiger partial charge is 0.292 e. The number of piperazine rings is 1. The van der Waals surface area contributed by atoms with Gasteiger partial charge in [-0.1, -0.05) is 0 Å². The molecule has 2 aromatic carbocycles. The first kappa shape index (κ1) is 25.0. The molecule has 2 saturated heterocycles. The normalized spacial score (nSPS) is 18.9. The SMILES string of the molecule is COc1ccc(S(=O)(=O)N2CCN(c3ccc([N+](=O)[O-])c(NC[C@@H]4CCCO4)c3)CC2)cc1OC. The molecule has 0 amide bonds. The molecule has 0 unspecified atom stereocenters. The predicted octanol–water partition coefficient (Wildman–Crippen LogP) is 2.71. The van der Waals surface area contributed by atoms with E-state index in [1.807, 2.05) is 4.90 Å². The van der Waals surface area contributed by atoms with Crippen molar-refractivity contribution in [2.24, 2.45) is 0 Å². The average Bonchev–Trinajstić information content (AvgIpc) is 3.40. The van der Waals surface area contributed by atoms with Gasteiger partial charge < -0.3 is 24.4 Å². The number of nitro benzene ring substituents is 1. The van der Waals surface area contributed by atoms with Crippen LogP contribution in [0.15, 0.2) is 41.3 Å². The minimum atomic E-state index is -3.71. The van der Waals surface area contributed by atoms with Gasteiger partial charge in [-0.25, -0.2) is 8.42 Å². The summed E-state index contributed by atoms with van der Waals surface area (Å²) in [6.07, 6.45) is 1.96. The Balaban J connectivity index is 1.46. The standard InChI is InChI=1S/C23H30N4O7S/c1-32-22-8-6-19(15-23(22)33-2)35(30,31)26-11-9-25(10-12-26)17-5-7-21(27(28)29)20(14-17)24-16-18-4-3-13-34-18/h5-8,14-15,18,24H,3-4,9-13,16H2,1-2H3/t18-/m0/s1. The molecule has 0 saturated carbocycles. The summed E-state index contributed by atoms with van der Waals surface area (Å²) in [5.41, 5.74) is 1.23. The van der Waals surface area contributed by atoms with E-state index in [1.54, 1.807) is 18.2 Å². The fraction of sp³-hybridized carbons (Fsp3) is 0.478. The summed E-state index contributed by atoms with van der Waals surface area (Å²) < 4.78 is 43.9. The molecule has 0 aromatic heterocycles. The van der Waals surface area contributed by atoms with Crippen LogP contribution in [0.25, 0.3) is 0 Å². The number of hydrogen-bond donors (Lipinski definition) is 1. The summed E-state index contributed by atoms with van der Waals surface area (Å²) in [6, 6.07) is 9.48. The van der Waals surface area contributed by atoms with Crippen LogP contribution in [0.2, 0.25) is 0 Å². The van der Waals surface area contributed by atoms with Crippen LogP contribution in [0.5, 0.6) is 11.5 Å². The molecule has 2 aliphatic heterocycles. The van der Waals surface area contributed by atoms with Crippen LogP contribution < -0.4 is 19.7 Å². The second-order valence-electron chi connectivity index (χ2n) is 8.38. The van der Waals surface area contributed by atoms with E-state index in [1.165, 1.54) is 36.7 Å². The maximum absolute atomic E-state index is 13.2. The van der Waals surface area contributed by atoms with Crippen LogP contribution in [-0.2, 0) is 14.8 Å². The lowest BCUT2D eigenvalue weighted by atomic mass is 10.2. The first-order valence-corrected chi connectivity index (χ1v) is 12.9. The highest BCUT2D eigenvalue weighted by Crippen LogP contribution is 2.33. The second kappa shape index (κ2) is 10.7. The van der Waals surface area contributed by atoms with Gasteiger partial charge >= 0.3 is 0 Å². The van der Waals surface area contributed by atoms with Crippen molar-refractivity contribution >= 4 is 27.1 Å². The number of benzene rings is 2. The van der Waals surface area contributed by atoms with Gasteiger partial charge in [0.05, 0.1) is 30.1 Å². The molecule has 0 spiro atoms. The lowest BCUT2D eigenvalue weighted by Crippen LogP contribution is -2.48. The lowest BCUT2D eigenvalue weighted by Gasteiger charge is -2.35. The fourth-order valence-corrected chi connectivity index (χ4v) is 5.80. The zero-order chi connectivity index (χ0) is 25.0. The molecule has 0 radical (unpaired) electrons. The molecule has 0 bridgehead atoms. The summed E-state index contributed by atoms with van der Waals surface area (Å²) in [4.78, 5) is 13.3. The summed E-state index contributed by atoms with van der Waals surface area (Å²) in [7, 11) is -0.761. The third-order valence-corrected chi connectivity index (χ3v) is 8.21. The van der Waals surface area contributed by atoms with E-state index in [0.717, 1.165) is 18.5 Å². The topological polar surface area (TPSA) is 123 Å². The molecular weight excluding hydrogens is 476 g/mol. The van der Waals surface area contributed by atoms with Gasteiger partial charge in [-0.05, 0) is 37.1 Å². The van der Waals surface area contributed by atoms with Gasteiger partial charge in [0.15, 0.2) is 11.5 Å². The minimum absolute atomic E-state index is 0.00131. The van der Waals surface area contributed by atoms with Crippen molar-refractivity contribution in [1.82, 2.24) is 4.31 Å². The highest BCUT2D eigenvalue weighted by atomic mass is 32.2. The molecule has 2 aliphatic rings. The van der Waals surface area contributed by atoms with Crippen LogP contribution in [0.1, 0.15) is 12.8 Å². The quantitative estimate of drug-likeness (QED) is 0.404. The number of ether oxygens (including phenoxy) is 3. The molecule has 0 aliphatic carbocycles. The van der Waals surface area contributed by atoms with Crippen molar-refractivity contribution < 1.29 is 27.6 Å². The Morgan fingerprint density at radius 3 is 2.46 bits per heavy atom. The maximum atomic E-state index is 13.2. The van der Waals surface area contributed by atoms with Crippen LogP contribution in [0, 0.1) is 10.1 Å². The van der Waals surface area contributed by atoms with Gasteiger partial charge in [0.2, 0.25) is 10.0 Å². The molecule has 1 N–H and O–H groups in total. The van der Waals surface area contributed by atoms with Gasteiger partial charge in [0, 0.05) is 57.2 Å². The van der Waals surface area contributed by atoms with Crippen molar-refractivity contribution in [2.75, 3.05) is 63.8 Å². The Morgan fingerprint density at radius 2 is 1.83 bits per heavy atom.